The van der Waals surface area contributed by atoms with Crippen molar-refractivity contribution in [1.82, 2.24) is 9.88 Å². The predicted octanol–water partition coefficient (Wildman–Crippen LogP) is 6.54. The zero-order chi connectivity index (χ0) is 26.1. The van der Waals surface area contributed by atoms with Gasteiger partial charge in [0.1, 0.15) is 0 Å². The lowest BCUT2D eigenvalue weighted by molar-refractivity contribution is 0.0898. The third-order valence-corrected chi connectivity index (χ3v) is 8.94. The summed E-state index contributed by atoms with van der Waals surface area (Å²) >= 11 is 0. The molecule has 0 radical (unpaired) electrons. The third-order valence-electron chi connectivity index (χ3n) is 8.94. The van der Waals surface area contributed by atoms with E-state index in [0.29, 0.717) is 17.4 Å². The van der Waals surface area contributed by atoms with E-state index in [-0.39, 0.29) is 36.5 Å². The zero-order valence-electron chi connectivity index (χ0n) is 23.5. The Kier molecular flexibility index (Phi) is 10.2. The van der Waals surface area contributed by atoms with Gasteiger partial charge in [0.05, 0.1) is 19.7 Å². The van der Waals surface area contributed by atoms with Crippen LogP contribution in [0.1, 0.15) is 59.3 Å². The molecule has 1 aliphatic heterocycles. The molecule has 216 valence electrons. The van der Waals surface area contributed by atoms with Crippen molar-refractivity contribution in [3.8, 4) is 11.5 Å². The van der Waals surface area contributed by atoms with Crippen LogP contribution in [0.2, 0.25) is 0 Å². The molecule has 1 aromatic heterocycles. The number of para-hydroxylation sites is 1. The van der Waals surface area contributed by atoms with E-state index >= 15 is 0 Å². The van der Waals surface area contributed by atoms with Crippen LogP contribution in [-0.4, -0.2) is 56.1 Å². The van der Waals surface area contributed by atoms with Gasteiger partial charge in [0, 0.05) is 41.3 Å². The maximum Gasteiger partial charge on any atom is 0.166 e. The second-order valence-corrected chi connectivity index (χ2v) is 11.2. The normalized spacial score (nSPS) is 18.9. The Labute approximate surface area is 250 Å². The molecule has 40 heavy (non-hydrogen) atoms. The van der Waals surface area contributed by atoms with Gasteiger partial charge in [-0.1, -0.05) is 18.2 Å². The Bertz CT molecular complexity index is 1340. The van der Waals surface area contributed by atoms with E-state index in [1.54, 1.807) is 14.2 Å². The zero-order valence-corrected chi connectivity index (χ0v) is 25.2. The molecule has 3 aliphatic rings. The summed E-state index contributed by atoms with van der Waals surface area (Å²) in [6.07, 6.45) is 8.86. The van der Waals surface area contributed by atoms with E-state index in [1.807, 2.05) is 12.1 Å². The average molecular weight is 587 g/mol. The number of fused-ring (bicyclic) bond motifs is 3. The number of Topliss-reactive ketones (excluding diaryl/α,β-unsaturated/α-hetero) is 1. The molecule has 0 spiro atoms. The highest BCUT2D eigenvalue weighted by molar-refractivity contribution is 6.03. The summed E-state index contributed by atoms with van der Waals surface area (Å²) in [5.74, 6) is 2.33. The number of hydrogen-bond acceptors (Lipinski definition) is 6. The van der Waals surface area contributed by atoms with Crippen LogP contribution in [0.25, 0.3) is 10.9 Å². The summed E-state index contributed by atoms with van der Waals surface area (Å²) in [6, 6.07) is 12.4. The number of carbonyl (C=O) groups excluding carboxylic acids is 1. The molecule has 1 saturated heterocycles. The summed E-state index contributed by atoms with van der Waals surface area (Å²) in [5, 5.41) is 5.07. The fourth-order valence-electron chi connectivity index (χ4n) is 6.85. The molecule has 6 nitrogen and oxygen atoms in total. The van der Waals surface area contributed by atoms with Crippen molar-refractivity contribution < 1.29 is 14.3 Å². The predicted molar refractivity (Wildman–Crippen MR) is 166 cm³/mol. The molecule has 3 aromatic rings. The molecule has 1 atom stereocenters. The number of halogens is 2. The number of nitrogens with zero attached hydrogens (tertiary/aromatic N) is 2. The van der Waals surface area contributed by atoms with Crippen LogP contribution in [-0.2, 0) is 19.3 Å². The summed E-state index contributed by atoms with van der Waals surface area (Å²) in [5.41, 5.74) is 7.07. The van der Waals surface area contributed by atoms with E-state index in [2.05, 4.69) is 34.5 Å². The average Bonchev–Trinajstić information content (AvgIpc) is 3.26. The molecule has 1 N–H and O–H groups in total. The van der Waals surface area contributed by atoms with Crippen LogP contribution < -0.4 is 14.8 Å². The number of carbonyl (C=O) groups is 1. The Balaban J connectivity index is 0.00000185. The van der Waals surface area contributed by atoms with Crippen molar-refractivity contribution in [2.75, 3.05) is 45.7 Å². The minimum Gasteiger partial charge on any atom is -0.493 e. The number of aromatic nitrogens is 1. The number of aryl methyl sites for hydroxylation is 1. The van der Waals surface area contributed by atoms with Crippen molar-refractivity contribution in [3.63, 3.8) is 0 Å². The van der Waals surface area contributed by atoms with Crippen LogP contribution >= 0.6 is 24.8 Å². The van der Waals surface area contributed by atoms with Crippen molar-refractivity contribution >= 4 is 47.2 Å². The molecule has 1 fully saturated rings. The number of methoxy groups -OCH3 is 2. The van der Waals surface area contributed by atoms with Gasteiger partial charge in [-0.05, 0) is 99.7 Å². The largest absolute Gasteiger partial charge is 0.493 e. The number of anilines is 1. The lowest BCUT2D eigenvalue weighted by Gasteiger charge is -2.33. The first-order valence-corrected chi connectivity index (χ1v) is 14.3. The maximum atomic E-state index is 13.2. The molecule has 2 aromatic carbocycles. The fourth-order valence-corrected chi connectivity index (χ4v) is 6.85. The van der Waals surface area contributed by atoms with Gasteiger partial charge in [0.25, 0.3) is 0 Å². The second kappa shape index (κ2) is 13.4. The minimum absolute atomic E-state index is 0. The van der Waals surface area contributed by atoms with E-state index in [4.69, 9.17) is 14.5 Å². The number of ether oxygens (including phenoxy) is 2. The van der Waals surface area contributed by atoms with Gasteiger partial charge in [-0.3, -0.25) is 9.78 Å². The van der Waals surface area contributed by atoms with Crippen molar-refractivity contribution in [2.45, 2.75) is 51.4 Å². The van der Waals surface area contributed by atoms with E-state index in [9.17, 15) is 4.79 Å². The van der Waals surface area contributed by atoms with Gasteiger partial charge < -0.3 is 19.7 Å². The number of benzene rings is 2. The molecule has 0 bridgehead atoms. The molecular weight excluding hydrogens is 545 g/mol. The summed E-state index contributed by atoms with van der Waals surface area (Å²) in [6.45, 7) is 4.21. The maximum absolute atomic E-state index is 13.2. The van der Waals surface area contributed by atoms with E-state index < -0.39 is 0 Å². The number of piperidine rings is 1. The van der Waals surface area contributed by atoms with Crippen LogP contribution in [0.4, 0.5) is 5.69 Å². The summed E-state index contributed by atoms with van der Waals surface area (Å²) in [7, 11) is 3.27. The number of pyridine rings is 1. The third kappa shape index (κ3) is 6.05. The van der Waals surface area contributed by atoms with Gasteiger partial charge in [-0.15, -0.1) is 24.8 Å². The first kappa shape index (κ1) is 30.4. The SMILES string of the molecule is COc1cc2c(cc1OC)C(=O)C(CC1CCN(CCNc3c4c(nc5ccccc35)CCCC4)CC1)C2.Cl.Cl. The first-order chi connectivity index (χ1) is 18.6. The van der Waals surface area contributed by atoms with Crippen molar-refractivity contribution in [3.05, 3.63) is 58.8 Å². The number of hydrogen-bond donors (Lipinski definition) is 1. The van der Waals surface area contributed by atoms with Crippen LogP contribution in [0.5, 0.6) is 11.5 Å². The number of ketones is 1. The van der Waals surface area contributed by atoms with Gasteiger partial charge in [0.2, 0.25) is 0 Å². The highest BCUT2D eigenvalue weighted by Gasteiger charge is 2.34. The van der Waals surface area contributed by atoms with Gasteiger partial charge in [-0.2, -0.15) is 0 Å². The van der Waals surface area contributed by atoms with Crippen LogP contribution in [0, 0.1) is 11.8 Å². The Morgan fingerprint density at radius 1 is 1.00 bits per heavy atom. The monoisotopic (exact) mass is 585 g/mol. The summed E-state index contributed by atoms with van der Waals surface area (Å²) in [4.78, 5) is 20.7. The molecular formula is C32H41Cl2N3O3. The van der Waals surface area contributed by atoms with E-state index in [0.717, 1.165) is 68.5 Å². The van der Waals surface area contributed by atoms with Crippen molar-refractivity contribution in [2.24, 2.45) is 11.8 Å². The quantitative estimate of drug-likeness (QED) is 0.323. The smallest absolute Gasteiger partial charge is 0.166 e. The number of rotatable bonds is 8. The number of nitrogens with one attached hydrogen (secondary N) is 1. The highest BCUT2D eigenvalue weighted by atomic mass is 35.5. The number of likely N-dealkylation sites (tertiary alicyclic amines) is 1. The van der Waals surface area contributed by atoms with Gasteiger partial charge in [-0.25, -0.2) is 0 Å². The first-order valence-electron chi connectivity index (χ1n) is 14.3. The lowest BCUT2D eigenvalue weighted by Crippen LogP contribution is -2.37. The second-order valence-electron chi connectivity index (χ2n) is 11.2. The molecule has 6 rings (SSSR count). The Morgan fingerprint density at radius 3 is 2.50 bits per heavy atom. The molecule has 2 heterocycles. The van der Waals surface area contributed by atoms with Gasteiger partial charge >= 0.3 is 0 Å². The Hall–Kier alpha value is -2.54. The molecule has 0 saturated carbocycles. The standard InChI is InChI=1S/C32H39N3O3.2ClH/c1-37-29-19-22-18-23(32(36)26(22)20-30(29)38-2)17-21-11-14-35(15-12-21)16-13-33-31-24-7-3-5-9-27(24)34-28-10-6-4-8-25(28)31;;/h3,5,7,9,19-21,23H,4,6,8,10-18H2,1-2H3,(H,33,34);2*1H. The topological polar surface area (TPSA) is 63.7 Å². The molecule has 8 heteroatoms. The Morgan fingerprint density at radius 2 is 1.73 bits per heavy atom. The molecule has 1 unspecified atom stereocenters. The minimum atomic E-state index is 0. The van der Waals surface area contributed by atoms with Gasteiger partial charge in [0.15, 0.2) is 17.3 Å². The van der Waals surface area contributed by atoms with E-state index in [1.165, 1.54) is 48.0 Å². The highest BCUT2D eigenvalue weighted by Crippen LogP contribution is 2.39. The summed E-state index contributed by atoms with van der Waals surface area (Å²) < 4.78 is 10.9. The van der Waals surface area contributed by atoms with Crippen LogP contribution in [0.3, 0.4) is 0 Å². The molecule has 2 aliphatic carbocycles. The fraction of sp³-hybridized carbons (Fsp3) is 0.500. The molecule has 0 amide bonds. The lowest BCUT2D eigenvalue weighted by atomic mass is 9.85. The van der Waals surface area contributed by atoms with Crippen LogP contribution in [0.15, 0.2) is 36.4 Å². The van der Waals surface area contributed by atoms with Crippen molar-refractivity contribution in [1.29, 1.82) is 0 Å².